The number of hydrogen-bond donors (Lipinski definition) is 0. The summed E-state index contributed by atoms with van der Waals surface area (Å²) in [6.07, 6.45) is 7.60. The van der Waals surface area contributed by atoms with E-state index in [2.05, 4.69) is 23.7 Å². The molecule has 0 N–H and O–H groups in total. The van der Waals surface area contributed by atoms with Crippen molar-refractivity contribution in [2.45, 2.75) is 70.4 Å². The second-order valence-corrected chi connectivity index (χ2v) is 8.70. The number of piperidine rings is 1. The Morgan fingerprint density at radius 1 is 1.07 bits per heavy atom. The second kappa shape index (κ2) is 10.4. The molecule has 0 radical (unpaired) electrons. The van der Waals surface area contributed by atoms with E-state index in [-0.39, 0.29) is 11.6 Å². The number of fused-ring (bicyclic) bond motifs is 1. The molecule has 1 aliphatic carbocycles. The highest BCUT2D eigenvalue weighted by atomic mass is 32.2. The fraction of sp³-hybridized carbons (Fsp3) is 0.762. The molecular formula is C21H34N4O2S. The van der Waals surface area contributed by atoms with E-state index in [0.717, 1.165) is 82.0 Å². The Balaban J connectivity index is 1.74. The van der Waals surface area contributed by atoms with Gasteiger partial charge < -0.3 is 9.80 Å². The first-order valence-corrected chi connectivity index (χ1v) is 11.9. The van der Waals surface area contributed by atoms with Crippen LogP contribution in [0.15, 0.2) is 9.82 Å². The highest BCUT2D eigenvalue weighted by Gasteiger charge is 2.22. The van der Waals surface area contributed by atoms with Gasteiger partial charge in [-0.15, -0.1) is 0 Å². The molecule has 0 bridgehead atoms. The van der Waals surface area contributed by atoms with Gasteiger partial charge in [-0.3, -0.25) is 9.36 Å². The summed E-state index contributed by atoms with van der Waals surface area (Å²) < 4.78 is 1.89. The molecule has 0 saturated carbocycles. The molecule has 1 amide bonds. The van der Waals surface area contributed by atoms with Crippen molar-refractivity contribution in [3.63, 3.8) is 0 Å². The van der Waals surface area contributed by atoms with Gasteiger partial charge >= 0.3 is 5.69 Å². The van der Waals surface area contributed by atoms with E-state index in [1.54, 1.807) is 0 Å². The smallest absolute Gasteiger partial charge is 0.342 e. The summed E-state index contributed by atoms with van der Waals surface area (Å²) in [5.41, 5.74) is 2.22. The summed E-state index contributed by atoms with van der Waals surface area (Å²) >= 11 is 1.47. The van der Waals surface area contributed by atoms with Crippen LogP contribution in [0.2, 0.25) is 0 Å². The largest absolute Gasteiger partial charge is 0.348 e. The Bertz CT molecular complexity index is 724. The molecule has 1 saturated heterocycles. The SMILES string of the molecule is CCN(CC)CCn1c2c(c(SCC(=O)N3CCCCC3)nc1=O)CCCC2. The maximum atomic E-state index is 12.8. The molecule has 1 aromatic heterocycles. The van der Waals surface area contributed by atoms with Crippen molar-refractivity contribution in [1.82, 2.24) is 19.4 Å². The van der Waals surface area contributed by atoms with E-state index in [9.17, 15) is 9.59 Å². The summed E-state index contributed by atoms with van der Waals surface area (Å²) in [4.78, 5) is 34.0. The Kier molecular flexibility index (Phi) is 7.97. The van der Waals surface area contributed by atoms with Crippen LogP contribution in [-0.2, 0) is 24.2 Å². The number of carbonyl (C=O) groups is 1. The molecule has 2 heterocycles. The normalized spacial score (nSPS) is 17.0. The number of hydrogen-bond acceptors (Lipinski definition) is 5. The molecule has 1 fully saturated rings. The van der Waals surface area contributed by atoms with Crippen LogP contribution < -0.4 is 5.69 Å². The molecule has 0 aromatic carbocycles. The molecule has 1 aliphatic heterocycles. The first-order valence-electron chi connectivity index (χ1n) is 10.9. The molecule has 156 valence electrons. The van der Waals surface area contributed by atoms with Gasteiger partial charge in [0.1, 0.15) is 5.03 Å². The molecule has 6 nitrogen and oxygen atoms in total. The average Bonchev–Trinajstić information content (AvgIpc) is 2.74. The van der Waals surface area contributed by atoms with Crippen molar-refractivity contribution in [3.8, 4) is 0 Å². The van der Waals surface area contributed by atoms with Crippen molar-refractivity contribution in [2.24, 2.45) is 0 Å². The van der Waals surface area contributed by atoms with Crippen molar-refractivity contribution in [1.29, 1.82) is 0 Å². The molecule has 7 heteroatoms. The topological polar surface area (TPSA) is 58.4 Å². The van der Waals surface area contributed by atoms with Gasteiger partial charge in [0.05, 0.1) is 5.75 Å². The van der Waals surface area contributed by atoms with E-state index in [1.165, 1.54) is 23.7 Å². The third kappa shape index (κ3) is 5.17. The summed E-state index contributed by atoms with van der Waals surface area (Å²) in [7, 11) is 0. The number of thioether (sulfide) groups is 1. The number of likely N-dealkylation sites (N-methyl/N-ethyl adjacent to an activating group) is 1. The van der Waals surface area contributed by atoms with Crippen LogP contribution in [0, 0.1) is 0 Å². The fourth-order valence-electron chi connectivity index (χ4n) is 4.24. The van der Waals surface area contributed by atoms with Gasteiger partial charge in [0.25, 0.3) is 0 Å². The molecule has 2 aliphatic rings. The van der Waals surface area contributed by atoms with Crippen molar-refractivity contribution >= 4 is 17.7 Å². The lowest BCUT2D eigenvalue weighted by atomic mass is 9.97. The molecule has 0 spiro atoms. The van der Waals surface area contributed by atoms with Crippen LogP contribution in [0.3, 0.4) is 0 Å². The molecule has 1 aromatic rings. The summed E-state index contributed by atoms with van der Waals surface area (Å²) in [6, 6.07) is 0. The fourth-order valence-corrected chi connectivity index (χ4v) is 5.22. The van der Waals surface area contributed by atoms with Crippen molar-refractivity contribution in [3.05, 3.63) is 21.7 Å². The van der Waals surface area contributed by atoms with E-state index in [4.69, 9.17) is 0 Å². The maximum absolute atomic E-state index is 12.8. The molecule has 28 heavy (non-hydrogen) atoms. The number of likely N-dealkylation sites (tertiary alicyclic amines) is 1. The zero-order valence-corrected chi connectivity index (χ0v) is 18.2. The monoisotopic (exact) mass is 406 g/mol. The first-order chi connectivity index (χ1) is 13.6. The van der Waals surface area contributed by atoms with Gasteiger partial charge in [-0.1, -0.05) is 25.6 Å². The minimum absolute atomic E-state index is 0.152. The van der Waals surface area contributed by atoms with E-state index in [1.807, 2.05) is 9.47 Å². The summed E-state index contributed by atoms with van der Waals surface area (Å²) in [5.74, 6) is 0.573. The Morgan fingerprint density at radius 2 is 1.79 bits per heavy atom. The minimum atomic E-state index is -0.152. The van der Waals surface area contributed by atoms with Gasteiger partial charge in [-0.05, 0) is 58.0 Å². The van der Waals surface area contributed by atoms with Gasteiger partial charge in [0.15, 0.2) is 0 Å². The third-order valence-electron chi connectivity index (χ3n) is 6.03. The van der Waals surface area contributed by atoms with E-state index >= 15 is 0 Å². The molecular weight excluding hydrogens is 372 g/mol. The van der Waals surface area contributed by atoms with Crippen LogP contribution in [0.1, 0.15) is 57.2 Å². The Hall–Kier alpha value is -1.34. The minimum Gasteiger partial charge on any atom is -0.342 e. The summed E-state index contributed by atoms with van der Waals surface area (Å²) in [6.45, 7) is 9.61. The maximum Gasteiger partial charge on any atom is 0.348 e. The van der Waals surface area contributed by atoms with Crippen LogP contribution >= 0.6 is 11.8 Å². The number of carbonyl (C=O) groups excluding carboxylic acids is 1. The molecule has 0 unspecified atom stereocenters. The predicted octanol–water partition coefficient (Wildman–Crippen LogP) is 2.57. The lowest BCUT2D eigenvalue weighted by Gasteiger charge is -2.27. The Morgan fingerprint density at radius 3 is 2.50 bits per heavy atom. The Labute approximate surface area is 172 Å². The van der Waals surface area contributed by atoms with Gasteiger partial charge in [0, 0.05) is 37.4 Å². The van der Waals surface area contributed by atoms with Crippen LogP contribution in [0.4, 0.5) is 0 Å². The van der Waals surface area contributed by atoms with Gasteiger partial charge in [-0.2, -0.15) is 4.98 Å². The average molecular weight is 407 g/mol. The third-order valence-corrected chi connectivity index (χ3v) is 7.03. The zero-order chi connectivity index (χ0) is 19.9. The summed E-state index contributed by atoms with van der Waals surface area (Å²) in [5, 5.41) is 0.796. The van der Waals surface area contributed by atoms with Crippen LogP contribution in [0.5, 0.6) is 0 Å². The van der Waals surface area contributed by atoms with Crippen LogP contribution in [0.25, 0.3) is 0 Å². The highest BCUT2D eigenvalue weighted by Crippen LogP contribution is 2.28. The standard InChI is InChI=1S/C21H34N4O2S/c1-3-23(4-2)14-15-25-18-11-7-6-10-17(18)20(22-21(25)27)28-16-19(26)24-12-8-5-9-13-24/h3-16H2,1-2H3. The first kappa shape index (κ1) is 21.4. The van der Waals surface area contributed by atoms with Gasteiger partial charge in [-0.25, -0.2) is 4.79 Å². The number of aromatic nitrogens is 2. The number of nitrogens with zero attached hydrogens (tertiary/aromatic N) is 4. The zero-order valence-electron chi connectivity index (χ0n) is 17.4. The van der Waals surface area contributed by atoms with Crippen LogP contribution in [-0.4, -0.2) is 63.7 Å². The predicted molar refractivity (Wildman–Crippen MR) is 114 cm³/mol. The quantitative estimate of drug-likeness (QED) is 0.491. The second-order valence-electron chi connectivity index (χ2n) is 7.74. The molecule has 3 rings (SSSR count). The number of rotatable bonds is 8. The molecule has 0 atom stereocenters. The van der Waals surface area contributed by atoms with Crippen molar-refractivity contribution < 1.29 is 4.79 Å². The van der Waals surface area contributed by atoms with Crippen molar-refractivity contribution in [2.75, 3.05) is 38.5 Å². The lowest BCUT2D eigenvalue weighted by Crippen LogP contribution is -2.37. The number of amides is 1. The van der Waals surface area contributed by atoms with E-state index < -0.39 is 0 Å². The van der Waals surface area contributed by atoms with Gasteiger partial charge in [0.2, 0.25) is 5.91 Å². The highest BCUT2D eigenvalue weighted by molar-refractivity contribution is 7.99. The lowest BCUT2D eigenvalue weighted by molar-refractivity contribution is -0.129. The van der Waals surface area contributed by atoms with E-state index in [0.29, 0.717) is 12.3 Å².